The van der Waals surface area contributed by atoms with Crippen molar-refractivity contribution in [1.29, 1.82) is 5.26 Å². The third kappa shape index (κ3) is 4.03. The molecule has 0 radical (unpaired) electrons. The quantitative estimate of drug-likeness (QED) is 0.743. The number of rotatable bonds is 6. The minimum Gasteiger partial charge on any atom is -0.351 e. The topological polar surface area (TPSA) is 85.2 Å². The summed E-state index contributed by atoms with van der Waals surface area (Å²) in [6.45, 7) is 0.726. The monoisotopic (exact) mass is 418 g/mol. The van der Waals surface area contributed by atoms with Crippen LogP contribution in [0.1, 0.15) is 49.8 Å². The summed E-state index contributed by atoms with van der Waals surface area (Å²) < 4.78 is 13.6. The van der Waals surface area contributed by atoms with Crippen LogP contribution in [0, 0.1) is 16.7 Å². The minimum absolute atomic E-state index is 0.0132. The minimum atomic E-state index is -1.11. The summed E-state index contributed by atoms with van der Waals surface area (Å²) in [6, 6.07) is 5.38. The van der Waals surface area contributed by atoms with Gasteiger partial charge in [0.2, 0.25) is 11.8 Å². The highest BCUT2D eigenvalue weighted by Gasteiger charge is 2.52. The fourth-order valence-corrected chi connectivity index (χ4v) is 5.75. The molecular formula is C21H27FN4O2S. The molecule has 1 aliphatic heterocycles. The number of nitrogens with zero attached hydrogens (tertiary/aromatic N) is 2. The highest BCUT2D eigenvalue weighted by Crippen LogP contribution is 2.52. The number of hydrogen-bond acceptors (Lipinski definition) is 5. The second-order valence-corrected chi connectivity index (χ2v) is 9.73. The summed E-state index contributed by atoms with van der Waals surface area (Å²) in [5.41, 5.74) is -0.407. The molecule has 3 saturated carbocycles. The van der Waals surface area contributed by atoms with Gasteiger partial charge in [0, 0.05) is 22.3 Å². The van der Waals surface area contributed by atoms with Gasteiger partial charge in [0.25, 0.3) is 0 Å². The first kappa shape index (κ1) is 20.3. The van der Waals surface area contributed by atoms with Crippen LogP contribution in [0.2, 0.25) is 0 Å². The summed E-state index contributed by atoms with van der Waals surface area (Å²) >= 11 is 1.64. The zero-order chi connectivity index (χ0) is 20.5. The van der Waals surface area contributed by atoms with E-state index in [4.69, 9.17) is 5.26 Å². The van der Waals surface area contributed by atoms with Crippen LogP contribution in [0.4, 0.5) is 4.39 Å². The van der Waals surface area contributed by atoms with E-state index >= 15 is 0 Å². The SMILES string of the molecule is N#CC1CC(F)CN1C(=O)CNC12CCC(C(=O)NCc3cccs3)(CC1)CC2. The molecule has 4 aliphatic rings. The molecule has 6 nitrogen and oxygen atoms in total. The Bertz CT molecular complexity index is 782. The van der Waals surface area contributed by atoms with E-state index in [2.05, 4.69) is 10.6 Å². The van der Waals surface area contributed by atoms with Gasteiger partial charge in [-0.3, -0.25) is 9.59 Å². The van der Waals surface area contributed by atoms with E-state index in [0.717, 1.165) is 43.4 Å². The van der Waals surface area contributed by atoms with E-state index in [0.29, 0.717) is 6.54 Å². The van der Waals surface area contributed by atoms with Crippen molar-refractivity contribution >= 4 is 23.2 Å². The molecule has 2 unspecified atom stereocenters. The Labute approximate surface area is 174 Å². The van der Waals surface area contributed by atoms with Crippen LogP contribution in [-0.4, -0.2) is 47.6 Å². The maximum absolute atomic E-state index is 13.6. The number of carbonyl (C=O) groups is 2. The predicted octanol–water partition coefficient (Wildman–Crippen LogP) is 2.51. The van der Waals surface area contributed by atoms with Gasteiger partial charge in [0.1, 0.15) is 12.2 Å². The summed E-state index contributed by atoms with van der Waals surface area (Å²) in [4.78, 5) is 27.9. The van der Waals surface area contributed by atoms with Crippen molar-refractivity contribution in [3.8, 4) is 6.07 Å². The van der Waals surface area contributed by atoms with Gasteiger partial charge in [-0.15, -0.1) is 11.3 Å². The van der Waals surface area contributed by atoms with Crippen molar-refractivity contribution in [3.63, 3.8) is 0 Å². The van der Waals surface area contributed by atoms with Crippen LogP contribution in [0.25, 0.3) is 0 Å². The Balaban J connectivity index is 1.29. The smallest absolute Gasteiger partial charge is 0.237 e. The summed E-state index contributed by atoms with van der Waals surface area (Å²) in [5, 5.41) is 17.7. The number of likely N-dealkylation sites (tertiary alicyclic amines) is 1. The van der Waals surface area contributed by atoms with Gasteiger partial charge >= 0.3 is 0 Å². The molecule has 1 aromatic rings. The molecule has 2 bridgehead atoms. The molecule has 1 saturated heterocycles. The van der Waals surface area contributed by atoms with Crippen LogP contribution in [0.5, 0.6) is 0 Å². The lowest BCUT2D eigenvalue weighted by Crippen LogP contribution is -2.60. The summed E-state index contributed by atoms with van der Waals surface area (Å²) in [7, 11) is 0. The number of carbonyl (C=O) groups excluding carboxylic acids is 2. The lowest BCUT2D eigenvalue weighted by Gasteiger charge is -2.52. The first-order valence-corrected chi connectivity index (χ1v) is 11.2. The van der Waals surface area contributed by atoms with Crippen molar-refractivity contribution in [1.82, 2.24) is 15.5 Å². The number of thiophene rings is 1. The van der Waals surface area contributed by atoms with Crippen molar-refractivity contribution < 1.29 is 14.0 Å². The average Bonchev–Trinajstić information content (AvgIpc) is 3.41. The zero-order valence-electron chi connectivity index (χ0n) is 16.5. The zero-order valence-corrected chi connectivity index (χ0v) is 17.3. The molecular weight excluding hydrogens is 391 g/mol. The lowest BCUT2D eigenvalue weighted by molar-refractivity contribution is -0.139. The number of hydrogen-bond donors (Lipinski definition) is 2. The summed E-state index contributed by atoms with van der Waals surface area (Å²) in [5.74, 6) is -0.0552. The molecule has 8 heteroatoms. The third-order valence-corrected chi connectivity index (χ3v) is 7.94. The normalized spacial score (nSPS) is 33.4. The van der Waals surface area contributed by atoms with Gasteiger partial charge in [0.15, 0.2) is 0 Å². The molecule has 2 N–H and O–H groups in total. The van der Waals surface area contributed by atoms with Gasteiger partial charge in [-0.1, -0.05) is 6.07 Å². The van der Waals surface area contributed by atoms with E-state index in [1.165, 1.54) is 4.90 Å². The van der Waals surface area contributed by atoms with Crippen LogP contribution in [0.3, 0.4) is 0 Å². The van der Waals surface area contributed by atoms with Crippen molar-refractivity contribution in [2.24, 2.45) is 5.41 Å². The number of amides is 2. The molecule has 4 fully saturated rings. The third-order valence-electron chi connectivity index (χ3n) is 7.07. The maximum Gasteiger partial charge on any atom is 0.237 e. The second kappa shape index (κ2) is 8.04. The largest absolute Gasteiger partial charge is 0.351 e. The Morgan fingerprint density at radius 1 is 1.28 bits per heavy atom. The van der Waals surface area contributed by atoms with Gasteiger partial charge in [-0.25, -0.2) is 4.39 Å². The van der Waals surface area contributed by atoms with Crippen LogP contribution in [0.15, 0.2) is 17.5 Å². The van der Waals surface area contributed by atoms with E-state index in [1.807, 2.05) is 23.6 Å². The Kier molecular flexibility index (Phi) is 5.63. The molecule has 3 aliphatic carbocycles. The fourth-order valence-electron chi connectivity index (χ4n) is 5.11. The van der Waals surface area contributed by atoms with Crippen LogP contribution in [-0.2, 0) is 16.1 Å². The molecule has 0 spiro atoms. The molecule has 1 aromatic heterocycles. The highest BCUT2D eigenvalue weighted by molar-refractivity contribution is 7.09. The Morgan fingerprint density at radius 3 is 2.62 bits per heavy atom. The fraction of sp³-hybridized carbons (Fsp3) is 0.667. The van der Waals surface area contributed by atoms with E-state index < -0.39 is 12.2 Å². The first-order chi connectivity index (χ1) is 14.0. The number of halogens is 1. The predicted molar refractivity (Wildman–Crippen MR) is 108 cm³/mol. The van der Waals surface area contributed by atoms with Gasteiger partial charge in [-0.05, 0) is 50.0 Å². The summed E-state index contributed by atoms with van der Waals surface area (Å²) in [6.07, 6.45) is 4.04. The van der Waals surface area contributed by atoms with Gasteiger partial charge < -0.3 is 15.5 Å². The molecule has 2 amide bonds. The molecule has 156 valence electrons. The maximum atomic E-state index is 13.6. The number of nitriles is 1. The van der Waals surface area contributed by atoms with Crippen LogP contribution < -0.4 is 10.6 Å². The van der Waals surface area contributed by atoms with E-state index in [1.54, 1.807) is 11.3 Å². The molecule has 5 rings (SSSR count). The van der Waals surface area contributed by atoms with Crippen LogP contribution >= 0.6 is 11.3 Å². The van der Waals surface area contributed by atoms with Crippen molar-refractivity contribution in [3.05, 3.63) is 22.4 Å². The van der Waals surface area contributed by atoms with Crippen molar-refractivity contribution in [2.45, 2.75) is 69.2 Å². The van der Waals surface area contributed by atoms with Gasteiger partial charge in [0.05, 0.1) is 25.7 Å². The Hall–Kier alpha value is -1.98. The first-order valence-electron chi connectivity index (χ1n) is 10.3. The second-order valence-electron chi connectivity index (χ2n) is 8.70. The van der Waals surface area contributed by atoms with E-state index in [-0.39, 0.29) is 42.3 Å². The van der Waals surface area contributed by atoms with Crippen molar-refractivity contribution in [2.75, 3.05) is 13.1 Å². The molecule has 2 heterocycles. The van der Waals surface area contributed by atoms with Gasteiger partial charge in [-0.2, -0.15) is 5.26 Å². The lowest BCUT2D eigenvalue weighted by atomic mass is 9.57. The molecule has 29 heavy (non-hydrogen) atoms. The number of nitrogens with one attached hydrogen (secondary N) is 2. The number of alkyl halides is 1. The van der Waals surface area contributed by atoms with E-state index in [9.17, 15) is 14.0 Å². The molecule has 2 atom stereocenters. The standard InChI is InChI=1S/C21H27FN4O2S/c22-15-10-16(11-23)26(14-15)18(27)13-25-21-6-3-20(4-7-21,5-8-21)19(28)24-12-17-2-1-9-29-17/h1-2,9,15-16,25H,3-8,10,12-14H2,(H,24,28). The highest BCUT2D eigenvalue weighted by atomic mass is 32.1. The average molecular weight is 419 g/mol. The molecule has 0 aromatic carbocycles. The Morgan fingerprint density at radius 2 is 2.00 bits per heavy atom. The number of fused-ring (bicyclic) bond motifs is 3.